The average molecular weight is 297 g/mol. The van der Waals surface area contributed by atoms with E-state index in [1.54, 1.807) is 19.1 Å². The molecule has 0 aliphatic carbocycles. The van der Waals surface area contributed by atoms with E-state index < -0.39 is 4.92 Å². The Balaban J connectivity index is 2.67. The highest BCUT2D eigenvalue weighted by atomic mass is 79.9. The number of rotatable bonds is 3. The number of hydrogen-bond acceptors (Lipinski definition) is 3. The highest BCUT2D eigenvalue weighted by Gasteiger charge is 2.20. The Morgan fingerprint density at radius 2 is 2.24 bits per heavy atom. The smallest absolute Gasteiger partial charge is 0.293 e. The van der Waals surface area contributed by atoms with Gasteiger partial charge in [0.15, 0.2) is 5.78 Å². The van der Waals surface area contributed by atoms with Crippen molar-refractivity contribution in [3.63, 3.8) is 0 Å². The molecule has 1 heterocycles. The number of ketones is 1. The predicted molar refractivity (Wildman–Crippen MR) is 67.7 cm³/mol. The van der Waals surface area contributed by atoms with Gasteiger partial charge in [-0.2, -0.15) is 0 Å². The lowest BCUT2D eigenvalue weighted by Crippen LogP contribution is -2.08. The number of nitrogens with one attached hydrogen (secondary N) is 1. The molecule has 2 rings (SSSR count). The lowest BCUT2D eigenvalue weighted by atomic mass is 10.1. The zero-order valence-electron chi connectivity index (χ0n) is 8.94. The summed E-state index contributed by atoms with van der Waals surface area (Å²) in [5.74, 6) is -0.100. The van der Waals surface area contributed by atoms with Crippen molar-refractivity contribution in [2.45, 2.75) is 11.8 Å². The summed E-state index contributed by atoms with van der Waals surface area (Å²) in [6, 6.07) is 4.68. The lowest BCUT2D eigenvalue weighted by Gasteiger charge is -2.00. The Hall–Kier alpha value is -1.69. The number of nitro benzene ring substituents is 1. The second-order valence-electron chi connectivity index (χ2n) is 3.64. The monoisotopic (exact) mass is 296 g/mol. The maximum atomic E-state index is 11.9. The number of carbonyl (C=O) groups is 1. The Labute approximate surface area is 105 Å². The molecule has 0 aliphatic rings. The fraction of sp³-hybridized carbons (Fsp3) is 0.182. The molecule has 17 heavy (non-hydrogen) atoms. The zero-order valence-corrected chi connectivity index (χ0v) is 10.5. The van der Waals surface area contributed by atoms with Crippen molar-refractivity contribution < 1.29 is 9.72 Å². The minimum Gasteiger partial charge on any atom is -0.355 e. The third kappa shape index (κ3) is 1.95. The summed E-state index contributed by atoms with van der Waals surface area (Å²) in [7, 11) is 0. The van der Waals surface area contributed by atoms with E-state index in [1.165, 1.54) is 12.3 Å². The van der Waals surface area contributed by atoms with Gasteiger partial charge in [-0.15, -0.1) is 0 Å². The molecule has 0 bridgehead atoms. The Bertz CT molecular complexity index is 604. The molecule has 1 aromatic heterocycles. The molecule has 1 atom stereocenters. The second kappa shape index (κ2) is 4.29. The standard InChI is InChI=1S/C11H9BrN2O3/c1-6(12)11(15)8-5-13-10-7(8)3-2-4-9(10)14(16)17/h2-6,13H,1H3. The van der Waals surface area contributed by atoms with Crippen LogP contribution in [0.2, 0.25) is 0 Å². The number of alkyl halides is 1. The third-order valence-corrected chi connectivity index (χ3v) is 2.93. The molecule has 0 radical (unpaired) electrons. The Kier molecular flexibility index (Phi) is 2.97. The van der Waals surface area contributed by atoms with Gasteiger partial charge >= 0.3 is 0 Å². The number of non-ortho nitro benzene ring substituents is 1. The van der Waals surface area contributed by atoms with Gasteiger partial charge in [0.05, 0.1) is 9.75 Å². The number of hydrogen-bond donors (Lipinski definition) is 1. The molecular weight excluding hydrogens is 288 g/mol. The summed E-state index contributed by atoms with van der Waals surface area (Å²) < 4.78 is 0. The number of H-pyrrole nitrogens is 1. The molecule has 0 aliphatic heterocycles. The number of para-hydroxylation sites is 1. The summed E-state index contributed by atoms with van der Waals surface area (Å²) in [6.45, 7) is 1.72. The zero-order chi connectivity index (χ0) is 12.6. The normalized spacial score (nSPS) is 12.6. The summed E-state index contributed by atoms with van der Waals surface area (Å²) in [6.07, 6.45) is 1.51. The number of nitrogens with zero attached hydrogens (tertiary/aromatic N) is 1. The lowest BCUT2D eigenvalue weighted by molar-refractivity contribution is -0.383. The minimum atomic E-state index is -0.468. The first-order valence-electron chi connectivity index (χ1n) is 4.95. The molecule has 0 fully saturated rings. The molecule has 2 aromatic rings. The van der Waals surface area contributed by atoms with E-state index >= 15 is 0 Å². The van der Waals surface area contributed by atoms with Crippen LogP contribution in [-0.4, -0.2) is 20.5 Å². The van der Waals surface area contributed by atoms with Crippen LogP contribution in [0.4, 0.5) is 5.69 Å². The number of aromatic amines is 1. The van der Waals surface area contributed by atoms with E-state index in [9.17, 15) is 14.9 Å². The quantitative estimate of drug-likeness (QED) is 0.409. The molecule has 0 amide bonds. The number of aromatic nitrogens is 1. The Morgan fingerprint density at radius 3 is 2.82 bits per heavy atom. The maximum absolute atomic E-state index is 11.9. The highest BCUT2D eigenvalue weighted by Crippen LogP contribution is 2.28. The predicted octanol–water partition coefficient (Wildman–Crippen LogP) is 3.04. The van der Waals surface area contributed by atoms with Gasteiger partial charge in [-0.1, -0.05) is 28.1 Å². The van der Waals surface area contributed by atoms with Gasteiger partial charge in [0.2, 0.25) is 0 Å². The van der Waals surface area contributed by atoms with Crippen LogP contribution in [-0.2, 0) is 0 Å². The van der Waals surface area contributed by atoms with E-state index in [1.807, 2.05) is 0 Å². The SMILES string of the molecule is CC(Br)C(=O)c1c[nH]c2c([N+](=O)[O-])cccc12. The number of benzene rings is 1. The first-order chi connectivity index (χ1) is 8.02. The first-order valence-corrected chi connectivity index (χ1v) is 5.86. The van der Waals surface area contributed by atoms with Crippen LogP contribution in [0.15, 0.2) is 24.4 Å². The van der Waals surface area contributed by atoms with E-state index in [0.717, 1.165) is 0 Å². The molecule has 88 valence electrons. The Morgan fingerprint density at radius 1 is 1.53 bits per heavy atom. The molecule has 1 aromatic carbocycles. The van der Waals surface area contributed by atoms with Crippen molar-refractivity contribution in [1.82, 2.24) is 4.98 Å². The van der Waals surface area contributed by atoms with Crippen molar-refractivity contribution in [2.75, 3.05) is 0 Å². The van der Waals surface area contributed by atoms with Crippen LogP contribution >= 0.6 is 15.9 Å². The molecule has 6 heteroatoms. The van der Waals surface area contributed by atoms with Crippen molar-refractivity contribution >= 4 is 38.3 Å². The van der Waals surface area contributed by atoms with Crippen LogP contribution in [0.5, 0.6) is 0 Å². The van der Waals surface area contributed by atoms with Crippen LogP contribution in [0, 0.1) is 10.1 Å². The van der Waals surface area contributed by atoms with E-state index in [2.05, 4.69) is 20.9 Å². The van der Waals surface area contributed by atoms with Gasteiger partial charge in [0, 0.05) is 23.2 Å². The minimum absolute atomic E-state index is 0.0243. The van der Waals surface area contributed by atoms with Crippen molar-refractivity contribution in [1.29, 1.82) is 0 Å². The molecule has 0 saturated heterocycles. The maximum Gasteiger partial charge on any atom is 0.293 e. The molecule has 1 N–H and O–H groups in total. The van der Waals surface area contributed by atoms with E-state index in [4.69, 9.17) is 0 Å². The first kappa shape index (κ1) is 11.8. The molecule has 1 unspecified atom stereocenters. The van der Waals surface area contributed by atoms with Crippen LogP contribution in [0.25, 0.3) is 10.9 Å². The highest BCUT2D eigenvalue weighted by molar-refractivity contribution is 9.10. The van der Waals surface area contributed by atoms with Gasteiger partial charge in [0.1, 0.15) is 5.52 Å². The van der Waals surface area contributed by atoms with Crippen molar-refractivity contribution in [2.24, 2.45) is 0 Å². The third-order valence-electron chi connectivity index (χ3n) is 2.52. The molecule has 0 spiro atoms. The van der Waals surface area contributed by atoms with Gasteiger partial charge in [-0.3, -0.25) is 14.9 Å². The number of nitro groups is 1. The summed E-state index contributed by atoms with van der Waals surface area (Å²) in [5, 5.41) is 11.4. The average Bonchev–Trinajstić information content (AvgIpc) is 2.70. The number of fused-ring (bicyclic) bond motifs is 1. The fourth-order valence-corrected chi connectivity index (χ4v) is 1.96. The van der Waals surface area contributed by atoms with Gasteiger partial charge < -0.3 is 4.98 Å². The number of carbonyl (C=O) groups excluding carboxylic acids is 1. The summed E-state index contributed by atoms with van der Waals surface area (Å²) >= 11 is 3.20. The largest absolute Gasteiger partial charge is 0.355 e. The summed E-state index contributed by atoms with van der Waals surface area (Å²) in [4.78, 5) is 24.7. The fourth-order valence-electron chi connectivity index (χ4n) is 1.71. The van der Waals surface area contributed by atoms with Crippen LogP contribution < -0.4 is 0 Å². The summed E-state index contributed by atoms with van der Waals surface area (Å²) in [5.41, 5.74) is 0.825. The molecule has 5 nitrogen and oxygen atoms in total. The second-order valence-corrected chi connectivity index (χ2v) is 5.01. The van der Waals surface area contributed by atoms with Crippen molar-refractivity contribution in [3.8, 4) is 0 Å². The van der Waals surface area contributed by atoms with Crippen molar-refractivity contribution in [3.05, 3.63) is 40.1 Å². The number of halogens is 1. The molecular formula is C11H9BrN2O3. The number of Topliss-reactive ketones (excluding diaryl/α,β-unsaturated/α-hetero) is 1. The van der Waals surface area contributed by atoms with Gasteiger partial charge in [0.25, 0.3) is 5.69 Å². The molecule has 0 saturated carbocycles. The van der Waals surface area contributed by atoms with E-state index in [0.29, 0.717) is 16.5 Å². The van der Waals surface area contributed by atoms with Crippen LogP contribution in [0.3, 0.4) is 0 Å². The van der Waals surface area contributed by atoms with Gasteiger partial charge in [-0.25, -0.2) is 0 Å². The van der Waals surface area contributed by atoms with Crippen LogP contribution in [0.1, 0.15) is 17.3 Å². The van der Waals surface area contributed by atoms with E-state index in [-0.39, 0.29) is 16.3 Å². The van der Waals surface area contributed by atoms with Gasteiger partial charge in [-0.05, 0) is 6.92 Å². The topological polar surface area (TPSA) is 76.0 Å².